The molecule has 0 aliphatic heterocycles. The van der Waals surface area contributed by atoms with Crippen molar-refractivity contribution in [3.8, 4) is 0 Å². The Morgan fingerprint density at radius 3 is 2.53 bits per heavy atom. The zero-order valence-electron chi connectivity index (χ0n) is 10.2. The van der Waals surface area contributed by atoms with Crippen LogP contribution in [0.3, 0.4) is 0 Å². The van der Waals surface area contributed by atoms with Crippen LogP contribution in [0.5, 0.6) is 0 Å². The van der Waals surface area contributed by atoms with Crippen LogP contribution in [-0.4, -0.2) is 20.1 Å². The lowest BCUT2D eigenvalue weighted by atomic mass is 10.0. The summed E-state index contributed by atoms with van der Waals surface area (Å²) in [5.74, 6) is 0. The number of aliphatic hydroxyl groups excluding tert-OH is 1. The molecule has 2 rings (SSSR count). The van der Waals surface area contributed by atoms with Gasteiger partial charge < -0.3 is 5.11 Å². The Labute approximate surface area is 101 Å². The molecule has 0 spiro atoms. The van der Waals surface area contributed by atoms with Crippen LogP contribution in [0.1, 0.15) is 29.8 Å². The van der Waals surface area contributed by atoms with Crippen molar-refractivity contribution in [2.24, 2.45) is 7.05 Å². The summed E-state index contributed by atoms with van der Waals surface area (Å²) in [6.07, 6.45) is 2.82. The summed E-state index contributed by atoms with van der Waals surface area (Å²) in [6.45, 7) is 2.12. The fourth-order valence-electron chi connectivity index (χ4n) is 1.78. The van der Waals surface area contributed by atoms with E-state index in [1.807, 2.05) is 25.4 Å². The van der Waals surface area contributed by atoms with Gasteiger partial charge in [0.2, 0.25) is 0 Å². The number of aryl methyl sites for hydroxylation is 2. The molecule has 0 fully saturated rings. The summed E-state index contributed by atoms with van der Waals surface area (Å²) >= 11 is 0. The molecule has 1 heterocycles. The van der Waals surface area contributed by atoms with Gasteiger partial charge in [0, 0.05) is 19.7 Å². The molecule has 0 saturated carbocycles. The Morgan fingerprint density at radius 1 is 1.29 bits per heavy atom. The predicted octanol–water partition coefficient (Wildman–Crippen LogP) is 1.65. The lowest BCUT2D eigenvalue weighted by Gasteiger charge is -2.09. The SMILES string of the molecule is CCc1ccc(C(O)Cc2cn(C)nn2)cc1. The summed E-state index contributed by atoms with van der Waals surface area (Å²) < 4.78 is 1.64. The molecular formula is C13H17N3O. The van der Waals surface area contributed by atoms with E-state index in [9.17, 15) is 5.11 Å². The maximum Gasteiger partial charge on any atom is 0.0856 e. The molecule has 1 N–H and O–H groups in total. The maximum absolute atomic E-state index is 10.1. The molecule has 4 nitrogen and oxygen atoms in total. The molecule has 0 aliphatic carbocycles. The Morgan fingerprint density at radius 2 is 2.00 bits per heavy atom. The van der Waals surface area contributed by atoms with Gasteiger partial charge in [0.05, 0.1) is 11.8 Å². The number of hydrogen-bond acceptors (Lipinski definition) is 3. The van der Waals surface area contributed by atoms with E-state index in [2.05, 4.69) is 29.4 Å². The summed E-state index contributed by atoms with van der Waals surface area (Å²) in [6, 6.07) is 8.05. The Hall–Kier alpha value is -1.68. The van der Waals surface area contributed by atoms with E-state index < -0.39 is 6.10 Å². The first-order chi connectivity index (χ1) is 8.19. The first kappa shape index (κ1) is 11.8. The first-order valence-electron chi connectivity index (χ1n) is 5.81. The Bertz CT molecular complexity index is 476. The van der Waals surface area contributed by atoms with E-state index in [-0.39, 0.29) is 0 Å². The van der Waals surface area contributed by atoms with Crippen molar-refractivity contribution in [2.75, 3.05) is 0 Å². The number of nitrogens with zero attached hydrogens (tertiary/aromatic N) is 3. The normalized spacial score (nSPS) is 12.6. The number of hydrogen-bond donors (Lipinski definition) is 1. The smallest absolute Gasteiger partial charge is 0.0856 e. The third-order valence-electron chi connectivity index (χ3n) is 2.83. The van der Waals surface area contributed by atoms with Crippen molar-refractivity contribution in [3.63, 3.8) is 0 Å². The lowest BCUT2D eigenvalue weighted by Crippen LogP contribution is -2.02. The molecule has 2 aromatic rings. The largest absolute Gasteiger partial charge is 0.388 e. The van der Waals surface area contributed by atoms with Crippen LogP contribution in [0.2, 0.25) is 0 Å². The zero-order valence-corrected chi connectivity index (χ0v) is 10.2. The summed E-state index contributed by atoms with van der Waals surface area (Å²) in [4.78, 5) is 0. The standard InChI is InChI=1S/C13H17N3O/c1-3-10-4-6-11(7-5-10)13(17)8-12-9-16(2)15-14-12/h4-7,9,13,17H,3,8H2,1-2H3. The molecule has 1 unspecified atom stereocenters. The molecule has 1 atom stereocenters. The van der Waals surface area contributed by atoms with Gasteiger partial charge >= 0.3 is 0 Å². The van der Waals surface area contributed by atoms with Crippen LogP contribution < -0.4 is 0 Å². The fraction of sp³-hybridized carbons (Fsp3) is 0.385. The van der Waals surface area contributed by atoms with Gasteiger partial charge in [-0.3, -0.25) is 4.68 Å². The first-order valence-corrected chi connectivity index (χ1v) is 5.81. The predicted molar refractivity (Wildman–Crippen MR) is 65.5 cm³/mol. The van der Waals surface area contributed by atoms with Crippen molar-refractivity contribution in [2.45, 2.75) is 25.9 Å². The second-order valence-electron chi connectivity index (χ2n) is 4.20. The fourth-order valence-corrected chi connectivity index (χ4v) is 1.78. The van der Waals surface area contributed by atoms with Gasteiger partial charge in [-0.25, -0.2) is 0 Å². The third-order valence-corrected chi connectivity index (χ3v) is 2.83. The van der Waals surface area contributed by atoms with Crippen LogP contribution in [0.4, 0.5) is 0 Å². The van der Waals surface area contributed by atoms with E-state index in [4.69, 9.17) is 0 Å². The topological polar surface area (TPSA) is 50.9 Å². The van der Waals surface area contributed by atoms with E-state index in [1.54, 1.807) is 4.68 Å². The number of aromatic nitrogens is 3. The molecule has 90 valence electrons. The minimum Gasteiger partial charge on any atom is -0.388 e. The molecule has 17 heavy (non-hydrogen) atoms. The molecule has 0 saturated heterocycles. The van der Waals surface area contributed by atoms with Gasteiger partial charge in [0.25, 0.3) is 0 Å². The summed E-state index contributed by atoms with van der Waals surface area (Å²) in [5.41, 5.74) is 3.01. The molecule has 4 heteroatoms. The number of rotatable bonds is 4. The Balaban J connectivity index is 2.06. The highest BCUT2D eigenvalue weighted by atomic mass is 16.3. The summed E-state index contributed by atoms with van der Waals surface area (Å²) in [7, 11) is 1.82. The highest BCUT2D eigenvalue weighted by Gasteiger charge is 2.10. The van der Waals surface area contributed by atoms with Gasteiger partial charge in [0.1, 0.15) is 0 Å². The lowest BCUT2D eigenvalue weighted by molar-refractivity contribution is 0.177. The molecule has 1 aromatic heterocycles. The van der Waals surface area contributed by atoms with Gasteiger partial charge in [-0.15, -0.1) is 5.10 Å². The second kappa shape index (κ2) is 5.10. The average Bonchev–Trinajstić information content (AvgIpc) is 2.75. The minimum atomic E-state index is -0.516. The van der Waals surface area contributed by atoms with E-state index >= 15 is 0 Å². The van der Waals surface area contributed by atoms with Crippen LogP contribution in [0, 0.1) is 0 Å². The minimum absolute atomic E-state index is 0.499. The monoisotopic (exact) mass is 231 g/mol. The van der Waals surface area contributed by atoms with Crippen LogP contribution in [0.25, 0.3) is 0 Å². The average molecular weight is 231 g/mol. The van der Waals surface area contributed by atoms with Gasteiger partial charge in [0.15, 0.2) is 0 Å². The maximum atomic E-state index is 10.1. The Kier molecular flexibility index (Phi) is 3.54. The molecule has 1 aromatic carbocycles. The van der Waals surface area contributed by atoms with Crippen LogP contribution in [-0.2, 0) is 19.9 Å². The molecule has 0 aliphatic rings. The molecule has 0 bridgehead atoms. The molecule has 0 amide bonds. The van der Waals surface area contributed by atoms with Crippen LogP contribution in [0.15, 0.2) is 30.5 Å². The third kappa shape index (κ3) is 2.91. The van der Waals surface area contributed by atoms with Gasteiger partial charge in [-0.2, -0.15) is 0 Å². The van der Waals surface area contributed by atoms with Gasteiger partial charge in [-0.05, 0) is 17.5 Å². The van der Waals surface area contributed by atoms with E-state index in [0.29, 0.717) is 6.42 Å². The molecular weight excluding hydrogens is 214 g/mol. The molecule has 0 radical (unpaired) electrons. The van der Waals surface area contributed by atoms with Crippen LogP contribution >= 0.6 is 0 Å². The van der Waals surface area contributed by atoms with E-state index in [0.717, 1.165) is 17.7 Å². The van der Waals surface area contributed by atoms with E-state index in [1.165, 1.54) is 5.56 Å². The highest BCUT2D eigenvalue weighted by molar-refractivity contribution is 5.24. The quantitative estimate of drug-likeness (QED) is 0.870. The van der Waals surface area contributed by atoms with Crippen molar-refractivity contribution >= 4 is 0 Å². The van der Waals surface area contributed by atoms with Gasteiger partial charge in [-0.1, -0.05) is 36.4 Å². The van der Waals surface area contributed by atoms with Crippen molar-refractivity contribution < 1.29 is 5.11 Å². The van der Waals surface area contributed by atoms with Crippen molar-refractivity contribution in [3.05, 3.63) is 47.3 Å². The van der Waals surface area contributed by atoms with Crippen molar-refractivity contribution in [1.82, 2.24) is 15.0 Å². The zero-order chi connectivity index (χ0) is 12.3. The van der Waals surface area contributed by atoms with Crippen molar-refractivity contribution in [1.29, 1.82) is 0 Å². The second-order valence-corrected chi connectivity index (χ2v) is 4.20. The number of aliphatic hydroxyl groups is 1. The number of benzene rings is 1. The highest BCUT2D eigenvalue weighted by Crippen LogP contribution is 2.17. The summed E-state index contributed by atoms with van der Waals surface area (Å²) in [5, 5.41) is 17.9.